The molecule has 0 fully saturated rings. The third-order valence-electron chi connectivity index (χ3n) is 10.5. The smallest absolute Gasteiger partial charge is 0.217 e. The van der Waals surface area contributed by atoms with Gasteiger partial charge in [0, 0.05) is 12.8 Å². The van der Waals surface area contributed by atoms with E-state index < -0.39 is 0 Å². The maximum absolute atomic E-state index is 10.8. The fourth-order valence-electron chi connectivity index (χ4n) is 7.36. The van der Waals surface area contributed by atoms with E-state index in [1.165, 1.54) is 186 Å². The molecule has 1 aromatic carbocycles. The molecule has 48 heavy (non-hydrogen) atoms. The molecule has 0 aliphatic heterocycles. The second kappa shape index (κ2) is 35.0. The lowest BCUT2D eigenvalue weighted by Gasteiger charge is -2.17. The van der Waals surface area contributed by atoms with Gasteiger partial charge in [0.2, 0.25) is 11.8 Å². The van der Waals surface area contributed by atoms with Crippen LogP contribution in [-0.2, 0) is 9.59 Å². The summed E-state index contributed by atoms with van der Waals surface area (Å²) in [5.74, 6) is 0.443. The standard InChI is InChI=1S/C44H80N2O2/c45-43(47)39-33-26-22-18-14-10-6-2-1-4-8-12-16-20-24-29-35-41(42-37-31-28-32-38-42)36-30-25-21-17-13-9-5-3-7-11-15-19-23-27-34-40-44(46)48/h28,31-32,37-38,41H,1-27,29-30,33-36,39-40H2,(H2,45,47)(H2,46,48). The fourth-order valence-corrected chi connectivity index (χ4v) is 7.36. The molecule has 0 heterocycles. The van der Waals surface area contributed by atoms with Crippen LogP contribution in [0.5, 0.6) is 0 Å². The molecule has 0 saturated heterocycles. The van der Waals surface area contributed by atoms with Crippen molar-refractivity contribution in [2.75, 3.05) is 0 Å². The van der Waals surface area contributed by atoms with Crippen LogP contribution >= 0.6 is 0 Å². The maximum Gasteiger partial charge on any atom is 0.217 e. The van der Waals surface area contributed by atoms with E-state index in [1.54, 1.807) is 5.56 Å². The first-order valence-corrected chi connectivity index (χ1v) is 21.2. The Balaban J connectivity index is 1.93. The maximum atomic E-state index is 10.8. The van der Waals surface area contributed by atoms with E-state index in [9.17, 15) is 9.59 Å². The SMILES string of the molecule is NC(=O)CCCCCCCCCCCCCCCCCCC(CCCCCCCCCCCCCCCCCC(N)=O)c1ccccc1. The van der Waals surface area contributed by atoms with E-state index in [0.29, 0.717) is 12.8 Å². The molecule has 1 atom stereocenters. The minimum absolute atomic E-state index is 0.155. The summed E-state index contributed by atoms with van der Waals surface area (Å²) >= 11 is 0. The molecule has 0 aliphatic carbocycles. The van der Waals surface area contributed by atoms with E-state index in [-0.39, 0.29) is 11.8 Å². The van der Waals surface area contributed by atoms with E-state index in [2.05, 4.69) is 30.3 Å². The van der Waals surface area contributed by atoms with E-state index in [4.69, 9.17) is 11.5 Å². The molecule has 1 aromatic rings. The van der Waals surface area contributed by atoms with Gasteiger partial charge in [-0.2, -0.15) is 0 Å². The molecule has 0 saturated carbocycles. The van der Waals surface area contributed by atoms with Crippen molar-refractivity contribution in [1.29, 1.82) is 0 Å². The van der Waals surface area contributed by atoms with Crippen LogP contribution in [0.15, 0.2) is 30.3 Å². The van der Waals surface area contributed by atoms with Gasteiger partial charge in [-0.3, -0.25) is 9.59 Å². The number of carbonyl (C=O) groups excluding carboxylic acids is 2. The van der Waals surface area contributed by atoms with Crippen LogP contribution in [0.4, 0.5) is 0 Å². The van der Waals surface area contributed by atoms with Crippen molar-refractivity contribution in [3.05, 3.63) is 35.9 Å². The second-order valence-electron chi connectivity index (χ2n) is 15.1. The van der Waals surface area contributed by atoms with Crippen molar-refractivity contribution in [3.8, 4) is 0 Å². The van der Waals surface area contributed by atoms with Crippen molar-refractivity contribution < 1.29 is 9.59 Å². The van der Waals surface area contributed by atoms with Crippen molar-refractivity contribution in [2.24, 2.45) is 11.5 Å². The fraction of sp³-hybridized carbons (Fsp3) is 0.818. The molecule has 0 spiro atoms. The predicted octanol–water partition coefficient (Wildman–Crippen LogP) is 13.4. The lowest BCUT2D eigenvalue weighted by Crippen LogP contribution is -2.09. The summed E-state index contributed by atoms with van der Waals surface area (Å²) in [6.45, 7) is 0. The molecular weight excluding hydrogens is 588 g/mol. The highest BCUT2D eigenvalue weighted by atomic mass is 16.1. The van der Waals surface area contributed by atoms with Crippen LogP contribution < -0.4 is 11.5 Å². The average Bonchev–Trinajstić information content (AvgIpc) is 3.08. The van der Waals surface area contributed by atoms with Gasteiger partial charge >= 0.3 is 0 Å². The van der Waals surface area contributed by atoms with Gasteiger partial charge in [-0.15, -0.1) is 0 Å². The van der Waals surface area contributed by atoms with Crippen molar-refractivity contribution in [2.45, 2.75) is 231 Å². The number of unbranched alkanes of at least 4 members (excludes halogenated alkanes) is 29. The van der Waals surface area contributed by atoms with Crippen LogP contribution in [0, 0.1) is 0 Å². The number of carbonyl (C=O) groups is 2. The molecule has 4 N–H and O–H groups in total. The molecule has 1 unspecified atom stereocenters. The van der Waals surface area contributed by atoms with Gasteiger partial charge in [-0.25, -0.2) is 0 Å². The third kappa shape index (κ3) is 31.4. The quantitative estimate of drug-likeness (QED) is 0.0687. The number of hydrogen-bond acceptors (Lipinski definition) is 2. The zero-order valence-corrected chi connectivity index (χ0v) is 31.7. The van der Waals surface area contributed by atoms with Crippen molar-refractivity contribution in [1.82, 2.24) is 0 Å². The summed E-state index contributed by atoms with van der Waals surface area (Å²) in [5, 5.41) is 0. The highest BCUT2D eigenvalue weighted by Crippen LogP contribution is 2.29. The topological polar surface area (TPSA) is 86.2 Å². The van der Waals surface area contributed by atoms with Gasteiger partial charge in [0.05, 0.1) is 0 Å². The number of nitrogens with two attached hydrogens (primary N) is 2. The Kier molecular flexibility index (Phi) is 32.2. The molecule has 4 heteroatoms. The van der Waals surface area contributed by atoms with Crippen LogP contribution in [0.25, 0.3) is 0 Å². The lowest BCUT2D eigenvalue weighted by atomic mass is 9.88. The number of benzene rings is 1. The molecule has 4 nitrogen and oxygen atoms in total. The molecular formula is C44H80N2O2. The zero-order valence-electron chi connectivity index (χ0n) is 31.7. The molecule has 0 aromatic heterocycles. The molecule has 0 bridgehead atoms. The molecule has 278 valence electrons. The van der Waals surface area contributed by atoms with Crippen LogP contribution in [-0.4, -0.2) is 11.8 Å². The number of rotatable bonds is 38. The summed E-state index contributed by atoms with van der Waals surface area (Å²) in [6.07, 6.45) is 45.6. The van der Waals surface area contributed by atoms with Gasteiger partial charge in [0.15, 0.2) is 0 Å². The van der Waals surface area contributed by atoms with E-state index in [0.717, 1.165) is 31.6 Å². The number of amides is 2. The second-order valence-corrected chi connectivity index (χ2v) is 15.1. The summed E-state index contributed by atoms with van der Waals surface area (Å²) < 4.78 is 0. The largest absolute Gasteiger partial charge is 0.370 e. The normalized spacial score (nSPS) is 12.0. The molecule has 2 amide bonds. The Hall–Kier alpha value is -1.84. The Morgan fingerprint density at radius 1 is 0.354 bits per heavy atom. The first-order valence-electron chi connectivity index (χ1n) is 21.2. The van der Waals surface area contributed by atoms with Gasteiger partial charge in [-0.1, -0.05) is 217 Å². The zero-order chi connectivity index (χ0) is 34.6. The van der Waals surface area contributed by atoms with E-state index in [1.807, 2.05) is 0 Å². The van der Waals surface area contributed by atoms with Gasteiger partial charge in [-0.05, 0) is 37.2 Å². The van der Waals surface area contributed by atoms with E-state index >= 15 is 0 Å². The minimum atomic E-state index is -0.155. The van der Waals surface area contributed by atoms with Crippen molar-refractivity contribution >= 4 is 11.8 Å². The summed E-state index contributed by atoms with van der Waals surface area (Å²) in [5.41, 5.74) is 12.0. The van der Waals surface area contributed by atoms with Gasteiger partial charge in [0.1, 0.15) is 0 Å². The van der Waals surface area contributed by atoms with Crippen molar-refractivity contribution in [3.63, 3.8) is 0 Å². The molecule has 1 rings (SSSR count). The highest BCUT2D eigenvalue weighted by molar-refractivity contribution is 5.73. The van der Waals surface area contributed by atoms with Crippen LogP contribution in [0.1, 0.15) is 236 Å². The average molecular weight is 669 g/mol. The molecule has 0 aliphatic rings. The van der Waals surface area contributed by atoms with Crippen LogP contribution in [0.2, 0.25) is 0 Å². The first-order chi connectivity index (χ1) is 23.6. The van der Waals surface area contributed by atoms with Gasteiger partial charge < -0.3 is 11.5 Å². The summed E-state index contributed by atoms with van der Waals surface area (Å²) in [6, 6.07) is 11.4. The highest BCUT2D eigenvalue weighted by Gasteiger charge is 2.11. The number of hydrogen-bond donors (Lipinski definition) is 2. The number of primary amides is 2. The van der Waals surface area contributed by atoms with Crippen LogP contribution in [0.3, 0.4) is 0 Å². The molecule has 0 radical (unpaired) electrons. The monoisotopic (exact) mass is 669 g/mol. The van der Waals surface area contributed by atoms with Gasteiger partial charge in [0.25, 0.3) is 0 Å². The predicted molar refractivity (Wildman–Crippen MR) is 209 cm³/mol. The first kappa shape index (κ1) is 44.2. The summed E-state index contributed by atoms with van der Waals surface area (Å²) in [7, 11) is 0. The summed E-state index contributed by atoms with van der Waals surface area (Å²) in [4.78, 5) is 21.5. The Bertz CT molecular complexity index is 826. The minimum Gasteiger partial charge on any atom is -0.370 e. The Morgan fingerprint density at radius 3 is 0.833 bits per heavy atom. The Morgan fingerprint density at radius 2 is 0.583 bits per heavy atom. The third-order valence-corrected chi connectivity index (χ3v) is 10.5. The lowest BCUT2D eigenvalue weighted by molar-refractivity contribution is -0.119. The Labute approximate surface area is 298 Å².